The van der Waals surface area contributed by atoms with Gasteiger partial charge in [-0.05, 0) is 6.07 Å². The average molecular weight is 343 g/mol. The smallest absolute Gasteiger partial charge is 0.278 e. The van der Waals surface area contributed by atoms with Crippen molar-refractivity contribution in [2.45, 2.75) is 6.54 Å². The molecule has 26 heavy (non-hydrogen) atoms. The van der Waals surface area contributed by atoms with E-state index >= 15 is 0 Å². The summed E-state index contributed by atoms with van der Waals surface area (Å²) in [6.07, 6.45) is 1.51. The molecular formula is C19H13N5O2. The van der Waals surface area contributed by atoms with Crippen molar-refractivity contribution in [3.8, 4) is 11.4 Å². The first kappa shape index (κ1) is 14.6. The number of aromatic amines is 1. The van der Waals surface area contributed by atoms with Gasteiger partial charge in [-0.2, -0.15) is 4.98 Å². The first-order chi connectivity index (χ1) is 12.8. The maximum absolute atomic E-state index is 12.8. The van der Waals surface area contributed by atoms with Crippen LogP contribution >= 0.6 is 0 Å². The second kappa shape index (κ2) is 5.66. The molecule has 0 aliphatic heterocycles. The van der Waals surface area contributed by atoms with E-state index in [2.05, 4.69) is 20.1 Å². The summed E-state index contributed by atoms with van der Waals surface area (Å²) in [4.78, 5) is 24.7. The quantitative estimate of drug-likeness (QED) is 0.544. The number of para-hydroxylation sites is 1. The highest BCUT2D eigenvalue weighted by Gasteiger charge is 2.13. The first-order valence-corrected chi connectivity index (χ1v) is 8.13. The van der Waals surface area contributed by atoms with Crippen molar-refractivity contribution in [3.63, 3.8) is 0 Å². The van der Waals surface area contributed by atoms with E-state index in [-0.39, 0.29) is 12.1 Å². The molecule has 0 unspecified atom stereocenters. The monoisotopic (exact) mass is 343 g/mol. The summed E-state index contributed by atoms with van der Waals surface area (Å²) >= 11 is 0. The van der Waals surface area contributed by atoms with E-state index in [4.69, 9.17) is 4.52 Å². The molecule has 7 heteroatoms. The van der Waals surface area contributed by atoms with Crippen LogP contribution in [0.15, 0.2) is 70.2 Å². The molecule has 126 valence electrons. The van der Waals surface area contributed by atoms with Gasteiger partial charge >= 0.3 is 0 Å². The maximum atomic E-state index is 12.8. The van der Waals surface area contributed by atoms with Crippen LogP contribution < -0.4 is 5.56 Å². The van der Waals surface area contributed by atoms with E-state index in [9.17, 15) is 4.79 Å². The predicted molar refractivity (Wildman–Crippen MR) is 96.7 cm³/mol. The van der Waals surface area contributed by atoms with Crippen molar-refractivity contribution in [2.24, 2.45) is 0 Å². The van der Waals surface area contributed by atoms with Crippen molar-refractivity contribution in [3.05, 3.63) is 77.2 Å². The zero-order chi connectivity index (χ0) is 17.5. The van der Waals surface area contributed by atoms with Crippen LogP contribution in [-0.4, -0.2) is 24.7 Å². The summed E-state index contributed by atoms with van der Waals surface area (Å²) in [5.74, 6) is 0.844. The molecule has 0 saturated carbocycles. The fraction of sp³-hybridized carbons (Fsp3) is 0.0526. The molecule has 1 N–H and O–H groups in total. The third kappa shape index (κ3) is 2.29. The molecule has 3 heterocycles. The summed E-state index contributed by atoms with van der Waals surface area (Å²) in [5, 5.41) is 4.91. The van der Waals surface area contributed by atoms with Crippen LogP contribution in [0.4, 0.5) is 0 Å². The van der Waals surface area contributed by atoms with Gasteiger partial charge in [0.25, 0.3) is 5.56 Å². The average Bonchev–Trinajstić information content (AvgIpc) is 3.30. The van der Waals surface area contributed by atoms with Crippen LogP contribution in [0.5, 0.6) is 0 Å². The summed E-state index contributed by atoms with van der Waals surface area (Å²) in [6.45, 7) is 0.164. The van der Waals surface area contributed by atoms with Gasteiger partial charge in [0.15, 0.2) is 0 Å². The van der Waals surface area contributed by atoms with Gasteiger partial charge in [0.1, 0.15) is 17.6 Å². The Hall–Kier alpha value is -3.74. The number of hydrogen-bond donors (Lipinski definition) is 1. The van der Waals surface area contributed by atoms with Gasteiger partial charge in [0.2, 0.25) is 11.7 Å². The minimum Gasteiger partial charge on any atom is -0.349 e. The Balaban J connectivity index is 1.54. The molecule has 0 atom stereocenters. The first-order valence-electron chi connectivity index (χ1n) is 8.13. The Morgan fingerprint density at radius 3 is 2.73 bits per heavy atom. The van der Waals surface area contributed by atoms with E-state index in [1.807, 2.05) is 54.6 Å². The highest BCUT2D eigenvalue weighted by molar-refractivity contribution is 6.04. The topological polar surface area (TPSA) is 89.6 Å². The number of H-pyrrole nitrogens is 1. The molecule has 0 fully saturated rings. The van der Waals surface area contributed by atoms with Gasteiger partial charge in [-0.15, -0.1) is 0 Å². The zero-order valence-electron chi connectivity index (χ0n) is 13.6. The van der Waals surface area contributed by atoms with Gasteiger partial charge in [-0.3, -0.25) is 9.36 Å². The van der Waals surface area contributed by atoms with Crippen molar-refractivity contribution >= 4 is 21.9 Å². The minimum atomic E-state index is -0.175. The lowest BCUT2D eigenvalue weighted by Crippen LogP contribution is -2.21. The third-order valence-electron chi connectivity index (χ3n) is 4.29. The largest absolute Gasteiger partial charge is 0.349 e. The van der Waals surface area contributed by atoms with Crippen LogP contribution in [0, 0.1) is 0 Å². The summed E-state index contributed by atoms with van der Waals surface area (Å²) in [5.41, 5.74) is 2.70. The van der Waals surface area contributed by atoms with Crippen molar-refractivity contribution in [1.82, 2.24) is 24.7 Å². The van der Waals surface area contributed by atoms with Crippen molar-refractivity contribution < 1.29 is 4.52 Å². The Morgan fingerprint density at radius 1 is 1.04 bits per heavy atom. The van der Waals surface area contributed by atoms with Crippen LogP contribution in [0.25, 0.3) is 33.3 Å². The number of nitrogens with one attached hydrogen (secondary N) is 1. The van der Waals surface area contributed by atoms with Gasteiger partial charge in [0, 0.05) is 16.5 Å². The maximum Gasteiger partial charge on any atom is 0.278 e. The van der Waals surface area contributed by atoms with E-state index in [1.54, 1.807) is 0 Å². The lowest BCUT2D eigenvalue weighted by molar-refractivity contribution is 0.369. The molecule has 3 aromatic heterocycles. The molecule has 0 spiro atoms. The Bertz CT molecular complexity index is 1280. The number of aromatic nitrogens is 5. The second-order valence-electron chi connectivity index (χ2n) is 5.95. The third-order valence-corrected chi connectivity index (χ3v) is 4.29. The Labute approximate surface area is 146 Å². The lowest BCUT2D eigenvalue weighted by Gasteiger charge is -2.00. The van der Waals surface area contributed by atoms with E-state index in [0.29, 0.717) is 22.7 Å². The molecule has 0 saturated heterocycles. The normalized spacial score (nSPS) is 11.4. The number of hydrogen-bond acceptors (Lipinski definition) is 5. The molecular weight excluding hydrogens is 330 g/mol. The Morgan fingerprint density at radius 2 is 1.85 bits per heavy atom. The van der Waals surface area contributed by atoms with Crippen molar-refractivity contribution in [2.75, 3.05) is 0 Å². The highest BCUT2D eigenvalue weighted by atomic mass is 16.5. The molecule has 0 aliphatic rings. The van der Waals surface area contributed by atoms with Gasteiger partial charge in [0.05, 0.1) is 6.33 Å². The standard InChI is InChI=1S/C19H13N5O2/c25-19-17-16(13-8-4-5-9-14(13)21-17)20-11-24(19)10-15-22-18(23-26-15)12-6-2-1-3-7-12/h1-9,11,21H,10H2. The molecule has 0 bridgehead atoms. The van der Waals surface area contributed by atoms with Gasteiger partial charge in [-0.1, -0.05) is 53.7 Å². The molecule has 5 rings (SSSR count). The molecule has 0 radical (unpaired) electrons. The fourth-order valence-corrected chi connectivity index (χ4v) is 3.02. The van der Waals surface area contributed by atoms with Crippen LogP contribution in [-0.2, 0) is 6.54 Å². The Kier molecular flexibility index (Phi) is 3.18. The van der Waals surface area contributed by atoms with Gasteiger partial charge < -0.3 is 9.51 Å². The zero-order valence-corrected chi connectivity index (χ0v) is 13.6. The van der Waals surface area contributed by atoms with Crippen molar-refractivity contribution in [1.29, 1.82) is 0 Å². The van der Waals surface area contributed by atoms with Crippen LogP contribution in [0.3, 0.4) is 0 Å². The molecule has 0 aliphatic carbocycles. The lowest BCUT2D eigenvalue weighted by atomic mass is 10.2. The molecule has 2 aromatic carbocycles. The van der Waals surface area contributed by atoms with Crippen LogP contribution in [0.2, 0.25) is 0 Å². The van der Waals surface area contributed by atoms with Gasteiger partial charge in [-0.25, -0.2) is 4.98 Å². The number of benzene rings is 2. The summed E-state index contributed by atoms with van der Waals surface area (Å²) in [7, 11) is 0. The number of fused-ring (bicyclic) bond motifs is 3. The second-order valence-corrected chi connectivity index (χ2v) is 5.95. The molecule has 7 nitrogen and oxygen atoms in total. The number of rotatable bonds is 3. The van der Waals surface area contributed by atoms with E-state index in [0.717, 1.165) is 16.5 Å². The molecule has 0 amide bonds. The molecule has 5 aromatic rings. The fourth-order valence-electron chi connectivity index (χ4n) is 3.02. The van der Waals surface area contributed by atoms with Crippen LogP contribution in [0.1, 0.15) is 5.89 Å². The highest BCUT2D eigenvalue weighted by Crippen LogP contribution is 2.20. The summed E-state index contributed by atoms with van der Waals surface area (Å²) in [6, 6.07) is 17.2. The van der Waals surface area contributed by atoms with E-state index in [1.165, 1.54) is 10.9 Å². The summed E-state index contributed by atoms with van der Waals surface area (Å²) < 4.78 is 6.75. The predicted octanol–water partition coefficient (Wildman–Crippen LogP) is 2.98. The number of nitrogens with zero attached hydrogens (tertiary/aromatic N) is 4. The SMILES string of the molecule is O=c1c2[nH]c3ccccc3c2ncn1Cc1nc(-c2ccccc2)no1. The minimum absolute atomic E-state index is 0.164. The van der Waals surface area contributed by atoms with E-state index < -0.39 is 0 Å².